The molecule has 1 unspecified atom stereocenters. The summed E-state index contributed by atoms with van der Waals surface area (Å²) < 4.78 is 5.19. The van der Waals surface area contributed by atoms with E-state index in [9.17, 15) is 9.90 Å². The van der Waals surface area contributed by atoms with Crippen LogP contribution in [0.1, 0.15) is 23.6 Å². The van der Waals surface area contributed by atoms with Gasteiger partial charge in [0.15, 0.2) is 0 Å². The molecule has 0 radical (unpaired) electrons. The normalized spacial score (nSPS) is 18.4. The van der Waals surface area contributed by atoms with E-state index in [0.717, 1.165) is 43.7 Å². The molecule has 1 aromatic carbocycles. The van der Waals surface area contributed by atoms with E-state index in [0.29, 0.717) is 6.61 Å². The summed E-state index contributed by atoms with van der Waals surface area (Å²) in [5.74, 6) is -0.796. The largest absolute Gasteiger partial charge is 0.480 e. The summed E-state index contributed by atoms with van der Waals surface area (Å²) in [6.45, 7) is 3.76. The molecule has 0 spiro atoms. The van der Waals surface area contributed by atoms with Crippen molar-refractivity contribution in [2.24, 2.45) is 0 Å². The molecule has 0 aliphatic carbocycles. The van der Waals surface area contributed by atoms with E-state index in [1.54, 1.807) is 7.11 Å². The Balaban J connectivity index is 2.30. The lowest BCUT2D eigenvalue weighted by Gasteiger charge is -2.28. The first kappa shape index (κ1) is 15.0. The van der Waals surface area contributed by atoms with Crippen LogP contribution in [-0.4, -0.2) is 49.3 Å². The van der Waals surface area contributed by atoms with Crippen LogP contribution >= 0.6 is 0 Å². The van der Waals surface area contributed by atoms with Gasteiger partial charge in [0.25, 0.3) is 0 Å². The Kier molecular flexibility index (Phi) is 5.52. The van der Waals surface area contributed by atoms with Crippen LogP contribution in [0.25, 0.3) is 0 Å². The van der Waals surface area contributed by atoms with Gasteiger partial charge in [0.2, 0.25) is 0 Å². The van der Waals surface area contributed by atoms with E-state index in [1.165, 1.54) is 0 Å². The zero-order valence-electron chi connectivity index (χ0n) is 11.8. The number of hydrogen-bond acceptors (Lipinski definition) is 4. The third-order valence-electron chi connectivity index (χ3n) is 3.62. The van der Waals surface area contributed by atoms with Crippen LogP contribution in [0.2, 0.25) is 0 Å². The van der Waals surface area contributed by atoms with E-state index in [-0.39, 0.29) is 0 Å². The summed E-state index contributed by atoms with van der Waals surface area (Å²) in [4.78, 5) is 13.8. The quantitative estimate of drug-likeness (QED) is 0.849. The van der Waals surface area contributed by atoms with Crippen LogP contribution < -0.4 is 5.32 Å². The van der Waals surface area contributed by atoms with Crippen molar-refractivity contribution in [3.8, 4) is 0 Å². The number of ether oxygens (including phenoxy) is 1. The minimum atomic E-state index is -0.796. The minimum absolute atomic E-state index is 0.437. The fraction of sp³-hybridized carbons (Fsp3) is 0.533. The fourth-order valence-electron chi connectivity index (χ4n) is 2.70. The Morgan fingerprint density at radius 3 is 2.95 bits per heavy atom. The average Bonchev–Trinajstić information content (AvgIpc) is 2.70. The third-order valence-corrected chi connectivity index (χ3v) is 3.62. The van der Waals surface area contributed by atoms with Crippen molar-refractivity contribution in [1.82, 2.24) is 10.2 Å². The molecular weight excluding hydrogens is 256 g/mol. The minimum Gasteiger partial charge on any atom is -0.480 e. The Morgan fingerprint density at radius 1 is 1.40 bits per heavy atom. The lowest BCUT2D eigenvalue weighted by Crippen LogP contribution is -2.37. The Hall–Kier alpha value is -1.43. The molecule has 1 saturated heterocycles. The van der Waals surface area contributed by atoms with E-state index in [1.807, 2.05) is 29.2 Å². The maximum atomic E-state index is 11.8. The van der Waals surface area contributed by atoms with Gasteiger partial charge in [-0.3, -0.25) is 9.69 Å². The molecule has 110 valence electrons. The second-order valence-corrected chi connectivity index (χ2v) is 5.01. The first-order valence-electron chi connectivity index (χ1n) is 6.98. The van der Waals surface area contributed by atoms with Gasteiger partial charge < -0.3 is 15.2 Å². The SMILES string of the molecule is COCc1ccccc1C(C(=O)O)N1CCCNCC1. The number of carboxylic acid groups (broad SMARTS) is 1. The van der Waals surface area contributed by atoms with Gasteiger partial charge in [0, 0.05) is 26.7 Å². The summed E-state index contributed by atoms with van der Waals surface area (Å²) in [6, 6.07) is 7.04. The number of benzene rings is 1. The highest BCUT2D eigenvalue weighted by Gasteiger charge is 2.29. The van der Waals surface area contributed by atoms with Gasteiger partial charge in [-0.05, 0) is 24.1 Å². The van der Waals surface area contributed by atoms with Crippen molar-refractivity contribution in [1.29, 1.82) is 0 Å². The zero-order chi connectivity index (χ0) is 14.4. The molecule has 1 heterocycles. The number of carbonyl (C=O) groups is 1. The van der Waals surface area contributed by atoms with Crippen molar-refractivity contribution in [2.45, 2.75) is 19.1 Å². The molecule has 1 aromatic rings. The second-order valence-electron chi connectivity index (χ2n) is 5.01. The maximum absolute atomic E-state index is 11.8. The molecular formula is C15H22N2O3. The van der Waals surface area contributed by atoms with Gasteiger partial charge in [-0.1, -0.05) is 24.3 Å². The number of methoxy groups -OCH3 is 1. The molecule has 0 amide bonds. The first-order valence-corrected chi connectivity index (χ1v) is 6.98. The highest BCUT2D eigenvalue weighted by molar-refractivity contribution is 5.76. The van der Waals surface area contributed by atoms with E-state index in [2.05, 4.69) is 5.32 Å². The summed E-state index contributed by atoms with van der Waals surface area (Å²) in [6.07, 6.45) is 0.968. The standard InChI is InChI=1S/C15H22N2O3/c1-20-11-12-5-2-3-6-13(12)14(15(18)19)17-9-4-7-16-8-10-17/h2-3,5-6,14,16H,4,7-11H2,1H3,(H,18,19). The summed E-state index contributed by atoms with van der Waals surface area (Å²) in [5.41, 5.74) is 1.78. The fourth-order valence-corrected chi connectivity index (χ4v) is 2.70. The molecule has 20 heavy (non-hydrogen) atoms. The molecule has 2 N–H and O–H groups in total. The monoisotopic (exact) mass is 278 g/mol. The zero-order valence-corrected chi connectivity index (χ0v) is 11.8. The van der Waals surface area contributed by atoms with Crippen LogP contribution in [0, 0.1) is 0 Å². The molecule has 0 bridgehead atoms. The van der Waals surface area contributed by atoms with Crippen LogP contribution in [-0.2, 0) is 16.1 Å². The number of aliphatic carboxylic acids is 1. The highest BCUT2D eigenvalue weighted by atomic mass is 16.5. The lowest BCUT2D eigenvalue weighted by atomic mass is 9.99. The molecule has 2 rings (SSSR count). The van der Waals surface area contributed by atoms with Gasteiger partial charge in [0.1, 0.15) is 6.04 Å². The maximum Gasteiger partial charge on any atom is 0.325 e. The molecule has 5 heteroatoms. The molecule has 1 aliphatic heterocycles. The number of nitrogens with one attached hydrogen (secondary N) is 1. The number of hydrogen-bond donors (Lipinski definition) is 2. The van der Waals surface area contributed by atoms with Crippen LogP contribution in [0.4, 0.5) is 0 Å². The van der Waals surface area contributed by atoms with E-state index < -0.39 is 12.0 Å². The van der Waals surface area contributed by atoms with Gasteiger partial charge >= 0.3 is 5.97 Å². The van der Waals surface area contributed by atoms with Crippen molar-refractivity contribution in [3.05, 3.63) is 35.4 Å². The van der Waals surface area contributed by atoms with E-state index in [4.69, 9.17) is 4.74 Å². The summed E-state index contributed by atoms with van der Waals surface area (Å²) in [7, 11) is 1.63. The predicted octanol–water partition coefficient (Wildman–Crippen LogP) is 1.25. The molecule has 1 fully saturated rings. The third kappa shape index (κ3) is 3.56. The molecule has 5 nitrogen and oxygen atoms in total. The lowest BCUT2D eigenvalue weighted by molar-refractivity contribution is -0.143. The summed E-state index contributed by atoms with van der Waals surface area (Å²) >= 11 is 0. The van der Waals surface area contributed by atoms with Gasteiger partial charge in [0.05, 0.1) is 6.61 Å². The van der Waals surface area contributed by atoms with Crippen LogP contribution in [0.15, 0.2) is 24.3 Å². The Labute approximate surface area is 119 Å². The predicted molar refractivity (Wildman–Crippen MR) is 76.6 cm³/mol. The number of rotatable bonds is 5. The Bertz CT molecular complexity index is 442. The molecule has 0 aromatic heterocycles. The van der Waals surface area contributed by atoms with Crippen LogP contribution in [0.3, 0.4) is 0 Å². The molecule has 1 aliphatic rings. The Morgan fingerprint density at radius 2 is 2.20 bits per heavy atom. The molecule has 1 atom stereocenters. The summed E-state index contributed by atoms with van der Waals surface area (Å²) in [5, 5.41) is 13.0. The van der Waals surface area contributed by atoms with Gasteiger partial charge in [-0.25, -0.2) is 0 Å². The van der Waals surface area contributed by atoms with Crippen molar-refractivity contribution < 1.29 is 14.6 Å². The number of carboxylic acids is 1. The topological polar surface area (TPSA) is 61.8 Å². The van der Waals surface area contributed by atoms with Gasteiger partial charge in [-0.15, -0.1) is 0 Å². The van der Waals surface area contributed by atoms with E-state index >= 15 is 0 Å². The van der Waals surface area contributed by atoms with Crippen molar-refractivity contribution in [2.75, 3.05) is 33.3 Å². The van der Waals surface area contributed by atoms with Crippen molar-refractivity contribution >= 4 is 5.97 Å². The number of nitrogens with zero attached hydrogens (tertiary/aromatic N) is 1. The second kappa shape index (κ2) is 7.38. The molecule has 0 saturated carbocycles. The highest BCUT2D eigenvalue weighted by Crippen LogP contribution is 2.25. The van der Waals surface area contributed by atoms with Crippen molar-refractivity contribution in [3.63, 3.8) is 0 Å². The van der Waals surface area contributed by atoms with Gasteiger partial charge in [-0.2, -0.15) is 0 Å². The average molecular weight is 278 g/mol. The first-order chi connectivity index (χ1) is 9.74. The van der Waals surface area contributed by atoms with Crippen LogP contribution in [0.5, 0.6) is 0 Å². The smallest absolute Gasteiger partial charge is 0.325 e.